The molecule has 0 aromatic heterocycles. The highest BCUT2D eigenvalue weighted by atomic mass is 16.6. The smallest absolute Gasteiger partial charge is 0.344 e. The topological polar surface area (TPSA) is 35.5 Å². The van der Waals surface area contributed by atoms with Gasteiger partial charge >= 0.3 is 5.97 Å². The van der Waals surface area contributed by atoms with Crippen LogP contribution in [0.2, 0.25) is 0 Å². The van der Waals surface area contributed by atoms with Gasteiger partial charge in [0.05, 0.1) is 0 Å². The highest BCUT2D eigenvalue weighted by molar-refractivity contribution is 5.71. The van der Waals surface area contributed by atoms with Crippen molar-refractivity contribution in [3.63, 3.8) is 0 Å². The van der Waals surface area contributed by atoms with Crippen LogP contribution in [-0.4, -0.2) is 18.7 Å². The van der Waals surface area contributed by atoms with E-state index in [0.717, 1.165) is 24.8 Å². The lowest BCUT2D eigenvalue weighted by atomic mass is 10.1. The summed E-state index contributed by atoms with van der Waals surface area (Å²) in [6.07, 6.45) is 8.70. The van der Waals surface area contributed by atoms with Crippen molar-refractivity contribution in [1.29, 1.82) is 0 Å². The molecule has 1 aliphatic carbocycles. The third kappa shape index (κ3) is 4.28. The van der Waals surface area contributed by atoms with Gasteiger partial charge < -0.3 is 9.47 Å². The molecule has 1 aliphatic rings. The fourth-order valence-corrected chi connectivity index (χ4v) is 1.92. The molecule has 19 heavy (non-hydrogen) atoms. The second-order valence-corrected chi connectivity index (χ2v) is 4.45. The monoisotopic (exact) mass is 258 g/mol. The molecule has 0 N–H and O–H groups in total. The molecule has 0 saturated carbocycles. The van der Waals surface area contributed by atoms with Crippen molar-refractivity contribution in [1.82, 2.24) is 0 Å². The molecule has 0 amide bonds. The number of rotatable bonds is 5. The van der Waals surface area contributed by atoms with Gasteiger partial charge in [0.1, 0.15) is 11.9 Å². The molecule has 1 aromatic carbocycles. The number of carbonyl (C=O) groups excluding carboxylic acids is 1. The third-order valence-electron chi connectivity index (χ3n) is 2.97. The minimum atomic E-state index is -0.329. The van der Waals surface area contributed by atoms with Crippen molar-refractivity contribution in [2.75, 3.05) is 6.61 Å². The number of ether oxygens (including phenoxy) is 2. The lowest BCUT2D eigenvalue weighted by molar-refractivity contribution is -0.149. The SMILES string of the molecule is C=Cc1ccc(OCC(=O)OC2C=CCCC2)cc1. The van der Waals surface area contributed by atoms with Gasteiger partial charge in [0.15, 0.2) is 6.61 Å². The Morgan fingerprint density at radius 2 is 2.16 bits per heavy atom. The minimum Gasteiger partial charge on any atom is -0.482 e. The second kappa shape index (κ2) is 6.78. The standard InChI is InChI=1S/C16H18O3/c1-2-13-8-10-14(11-9-13)18-12-16(17)19-15-6-4-3-5-7-15/h2,4,6,8-11,15H,1,3,5,7,12H2. The molecule has 1 atom stereocenters. The van der Waals surface area contributed by atoms with Gasteiger partial charge in [0.25, 0.3) is 0 Å². The Labute approximate surface area is 113 Å². The van der Waals surface area contributed by atoms with Gasteiger partial charge in [-0.15, -0.1) is 0 Å². The number of esters is 1. The first-order valence-electron chi connectivity index (χ1n) is 6.49. The maximum Gasteiger partial charge on any atom is 0.344 e. The van der Waals surface area contributed by atoms with Gasteiger partial charge in [-0.05, 0) is 43.0 Å². The summed E-state index contributed by atoms with van der Waals surface area (Å²) in [7, 11) is 0. The van der Waals surface area contributed by atoms with Gasteiger partial charge in [-0.2, -0.15) is 0 Å². The van der Waals surface area contributed by atoms with Gasteiger partial charge in [-0.1, -0.05) is 30.9 Å². The Morgan fingerprint density at radius 3 is 2.79 bits per heavy atom. The molecule has 0 fully saturated rings. The van der Waals surface area contributed by atoms with Crippen molar-refractivity contribution in [2.45, 2.75) is 25.4 Å². The molecule has 1 unspecified atom stereocenters. The van der Waals surface area contributed by atoms with Crippen molar-refractivity contribution in [2.24, 2.45) is 0 Å². The van der Waals surface area contributed by atoms with Crippen LogP contribution in [0.1, 0.15) is 24.8 Å². The molecular weight excluding hydrogens is 240 g/mol. The number of hydrogen-bond donors (Lipinski definition) is 0. The van der Waals surface area contributed by atoms with Gasteiger partial charge in [-0.25, -0.2) is 4.79 Å². The van der Waals surface area contributed by atoms with Crippen LogP contribution in [0.4, 0.5) is 0 Å². The summed E-state index contributed by atoms with van der Waals surface area (Å²) < 4.78 is 10.7. The number of benzene rings is 1. The predicted octanol–water partition coefficient (Wildman–Crippen LogP) is 3.36. The van der Waals surface area contributed by atoms with E-state index in [-0.39, 0.29) is 18.7 Å². The van der Waals surface area contributed by atoms with E-state index in [1.165, 1.54) is 0 Å². The van der Waals surface area contributed by atoms with Crippen LogP contribution in [-0.2, 0) is 9.53 Å². The Hall–Kier alpha value is -2.03. The van der Waals surface area contributed by atoms with Crippen LogP contribution in [0.5, 0.6) is 5.75 Å². The van der Waals surface area contributed by atoms with Crippen molar-refractivity contribution in [3.8, 4) is 5.75 Å². The lowest BCUT2D eigenvalue weighted by Crippen LogP contribution is -2.22. The van der Waals surface area contributed by atoms with Crippen LogP contribution >= 0.6 is 0 Å². The molecule has 1 aromatic rings. The largest absolute Gasteiger partial charge is 0.482 e. The van der Waals surface area contributed by atoms with Crippen LogP contribution in [0.15, 0.2) is 43.0 Å². The van der Waals surface area contributed by atoms with E-state index in [9.17, 15) is 4.79 Å². The van der Waals surface area contributed by atoms with E-state index < -0.39 is 0 Å². The first kappa shape index (κ1) is 13.4. The van der Waals surface area contributed by atoms with E-state index in [2.05, 4.69) is 12.7 Å². The maximum atomic E-state index is 11.6. The van der Waals surface area contributed by atoms with Crippen LogP contribution < -0.4 is 4.74 Å². The summed E-state index contributed by atoms with van der Waals surface area (Å²) in [4.78, 5) is 11.6. The molecule has 0 spiro atoms. The highest BCUT2D eigenvalue weighted by Gasteiger charge is 2.13. The molecule has 2 rings (SSSR count). The number of carbonyl (C=O) groups is 1. The third-order valence-corrected chi connectivity index (χ3v) is 2.97. The van der Waals surface area contributed by atoms with E-state index in [1.807, 2.05) is 30.3 Å². The molecule has 3 heteroatoms. The fourth-order valence-electron chi connectivity index (χ4n) is 1.92. The summed E-state index contributed by atoms with van der Waals surface area (Å²) in [5.74, 6) is 0.325. The van der Waals surface area contributed by atoms with Crippen LogP contribution in [0, 0.1) is 0 Å². The summed E-state index contributed by atoms with van der Waals surface area (Å²) in [6, 6.07) is 7.39. The zero-order valence-electron chi connectivity index (χ0n) is 10.9. The van der Waals surface area contributed by atoms with Gasteiger partial charge in [0, 0.05) is 0 Å². The van der Waals surface area contributed by atoms with E-state index in [1.54, 1.807) is 6.08 Å². The maximum absolute atomic E-state index is 11.6. The molecule has 0 heterocycles. The fraction of sp³-hybridized carbons (Fsp3) is 0.312. The molecular formula is C16H18O3. The zero-order chi connectivity index (χ0) is 13.5. The first-order valence-corrected chi connectivity index (χ1v) is 6.49. The Balaban J connectivity index is 1.77. The summed E-state index contributed by atoms with van der Waals surface area (Å²) in [5, 5.41) is 0. The number of allylic oxidation sites excluding steroid dienone is 1. The Kier molecular flexibility index (Phi) is 4.78. The summed E-state index contributed by atoms with van der Waals surface area (Å²) >= 11 is 0. The quantitative estimate of drug-likeness (QED) is 0.600. The summed E-state index contributed by atoms with van der Waals surface area (Å²) in [6.45, 7) is 3.62. The van der Waals surface area contributed by atoms with E-state index >= 15 is 0 Å². The average Bonchev–Trinajstić information content (AvgIpc) is 2.47. The summed E-state index contributed by atoms with van der Waals surface area (Å²) in [5.41, 5.74) is 1.02. The van der Waals surface area contributed by atoms with Crippen molar-refractivity contribution >= 4 is 12.0 Å². The minimum absolute atomic E-state index is 0.0578. The van der Waals surface area contributed by atoms with Gasteiger partial charge in [0.2, 0.25) is 0 Å². The predicted molar refractivity (Wildman–Crippen MR) is 74.9 cm³/mol. The molecule has 0 aliphatic heterocycles. The molecule has 0 bridgehead atoms. The molecule has 100 valence electrons. The Morgan fingerprint density at radius 1 is 1.37 bits per heavy atom. The molecule has 0 radical (unpaired) electrons. The molecule has 0 saturated heterocycles. The highest BCUT2D eigenvalue weighted by Crippen LogP contribution is 2.15. The van der Waals surface area contributed by atoms with Crippen LogP contribution in [0.25, 0.3) is 6.08 Å². The van der Waals surface area contributed by atoms with E-state index in [4.69, 9.17) is 9.47 Å². The second-order valence-electron chi connectivity index (χ2n) is 4.45. The average molecular weight is 258 g/mol. The lowest BCUT2D eigenvalue weighted by Gasteiger charge is -2.17. The molecule has 3 nitrogen and oxygen atoms in total. The first-order chi connectivity index (χ1) is 9.28. The van der Waals surface area contributed by atoms with Crippen molar-refractivity contribution < 1.29 is 14.3 Å². The van der Waals surface area contributed by atoms with Gasteiger partial charge in [-0.3, -0.25) is 0 Å². The van der Waals surface area contributed by atoms with Crippen LogP contribution in [0.3, 0.4) is 0 Å². The van der Waals surface area contributed by atoms with E-state index in [0.29, 0.717) is 5.75 Å². The van der Waals surface area contributed by atoms with Crippen molar-refractivity contribution in [3.05, 3.63) is 48.6 Å². The number of hydrogen-bond acceptors (Lipinski definition) is 3. The Bertz CT molecular complexity index is 459. The normalized spacial score (nSPS) is 17.8. The zero-order valence-corrected chi connectivity index (χ0v) is 10.9.